The van der Waals surface area contributed by atoms with Gasteiger partial charge in [-0.05, 0) is 30.7 Å². The quantitative estimate of drug-likeness (QED) is 0.559. The first kappa shape index (κ1) is 16.7. The van der Waals surface area contributed by atoms with E-state index >= 15 is 0 Å². The lowest BCUT2D eigenvalue weighted by atomic mass is 10.3. The van der Waals surface area contributed by atoms with Crippen molar-refractivity contribution < 1.29 is 13.2 Å². The van der Waals surface area contributed by atoms with Crippen LogP contribution in [0.5, 0.6) is 0 Å². The van der Waals surface area contributed by atoms with E-state index in [1.807, 2.05) is 6.08 Å². The molecule has 0 heterocycles. The highest BCUT2D eigenvalue weighted by atomic mass is 32.2. The van der Waals surface area contributed by atoms with E-state index in [4.69, 9.17) is 4.74 Å². The highest BCUT2D eigenvalue weighted by molar-refractivity contribution is 7.89. The summed E-state index contributed by atoms with van der Waals surface area (Å²) in [6, 6.07) is 6.69. The van der Waals surface area contributed by atoms with Gasteiger partial charge in [0.1, 0.15) is 0 Å². The van der Waals surface area contributed by atoms with Gasteiger partial charge in [-0.1, -0.05) is 6.08 Å². The van der Waals surface area contributed by atoms with Crippen LogP contribution in [0.2, 0.25) is 0 Å². The second-order valence-electron chi connectivity index (χ2n) is 4.43. The smallest absolute Gasteiger partial charge is 0.242 e. The summed E-state index contributed by atoms with van der Waals surface area (Å²) in [4.78, 5) is 0.287. The Bertz CT molecular complexity index is 510. The Kier molecular flexibility index (Phi) is 6.70. The van der Waals surface area contributed by atoms with E-state index in [1.54, 1.807) is 24.3 Å². The molecule has 112 valence electrons. The average Bonchev–Trinajstić information content (AvgIpc) is 2.43. The molecule has 20 heavy (non-hydrogen) atoms. The maximum absolute atomic E-state index is 11.9. The standard InChI is InChI=1S/C14H22N2O3S/c1-4-5-11-19-12-10-15-13-6-8-14(9-7-13)20(17,18)16(2)3/h4,6-9,15H,1,5,10-12H2,2-3H3. The molecule has 5 nitrogen and oxygen atoms in total. The SMILES string of the molecule is C=CCCOCCNc1ccc(S(=O)(=O)N(C)C)cc1. The maximum Gasteiger partial charge on any atom is 0.242 e. The number of nitrogens with one attached hydrogen (secondary N) is 1. The van der Waals surface area contributed by atoms with Gasteiger partial charge in [-0.3, -0.25) is 0 Å². The van der Waals surface area contributed by atoms with Crippen LogP contribution in [0.15, 0.2) is 41.8 Å². The summed E-state index contributed by atoms with van der Waals surface area (Å²) in [7, 11) is -0.326. The van der Waals surface area contributed by atoms with Crippen molar-refractivity contribution in [3.63, 3.8) is 0 Å². The molecule has 0 atom stereocenters. The molecule has 0 amide bonds. The first-order chi connectivity index (χ1) is 9.48. The minimum atomic E-state index is -3.36. The fourth-order valence-electron chi connectivity index (χ4n) is 1.49. The number of ether oxygens (including phenoxy) is 1. The highest BCUT2D eigenvalue weighted by Gasteiger charge is 2.16. The Labute approximate surface area is 121 Å². The van der Waals surface area contributed by atoms with E-state index in [9.17, 15) is 8.42 Å². The molecule has 0 aromatic heterocycles. The van der Waals surface area contributed by atoms with Crippen molar-refractivity contribution in [1.82, 2.24) is 4.31 Å². The number of hydrogen-bond donors (Lipinski definition) is 1. The summed E-state index contributed by atoms with van der Waals surface area (Å²) >= 11 is 0. The molecule has 0 fully saturated rings. The Morgan fingerprint density at radius 1 is 1.25 bits per heavy atom. The van der Waals surface area contributed by atoms with Gasteiger partial charge in [0, 0.05) is 26.3 Å². The van der Waals surface area contributed by atoms with Gasteiger partial charge in [0.15, 0.2) is 0 Å². The Balaban J connectivity index is 2.45. The van der Waals surface area contributed by atoms with Gasteiger partial charge in [-0.15, -0.1) is 6.58 Å². The van der Waals surface area contributed by atoms with E-state index < -0.39 is 10.0 Å². The summed E-state index contributed by atoms with van der Waals surface area (Å²) in [5, 5.41) is 3.17. The van der Waals surface area contributed by atoms with Crippen molar-refractivity contribution >= 4 is 15.7 Å². The number of nitrogens with zero attached hydrogens (tertiary/aromatic N) is 1. The first-order valence-electron chi connectivity index (χ1n) is 6.43. The van der Waals surface area contributed by atoms with E-state index in [1.165, 1.54) is 18.4 Å². The first-order valence-corrected chi connectivity index (χ1v) is 7.87. The van der Waals surface area contributed by atoms with E-state index in [0.717, 1.165) is 12.1 Å². The second kappa shape index (κ2) is 8.04. The van der Waals surface area contributed by atoms with Crippen LogP contribution in [-0.4, -0.2) is 46.6 Å². The van der Waals surface area contributed by atoms with Crippen LogP contribution < -0.4 is 5.32 Å². The maximum atomic E-state index is 11.9. The number of benzene rings is 1. The summed E-state index contributed by atoms with van der Waals surface area (Å²) in [5.41, 5.74) is 0.870. The van der Waals surface area contributed by atoms with E-state index in [-0.39, 0.29) is 4.90 Å². The van der Waals surface area contributed by atoms with E-state index in [0.29, 0.717) is 19.8 Å². The lowest BCUT2D eigenvalue weighted by Gasteiger charge is -2.12. The molecule has 0 unspecified atom stereocenters. The summed E-state index contributed by atoms with van der Waals surface area (Å²) in [6.45, 7) is 5.57. The molecule has 0 bridgehead atoms. The monoisotopic (exact) mass is 298 g/mol. The van der Waals surface area contributed by atoms with Crippen molar-refractivity contribution in [2.24, 2.45) is 0 Å². The topological polar surface area (TPSA) is 58.6 Å². The molecule has 1 rings (SSSR count). The average molecular weight is 298 g/mol. The van der Waals surface area contributed by atoms with Crippen LogP contribution in [0.3, 0.4) is 0 Å². The largest absolute Gasteiger partial charge is 0.383 e. The predicted octanol–water partition coefficient (Wildman–Crippen LogP) is 1.94. The van der Waals surface area contributed by atoms with Gasteiger partial charge >= 0.3 is 0 Å². The minimum absolute atomic E-state index is 0.287. The molecule has 0 aliphatic carbocycles. The van der Waals surface area contributed by atoms with Gasteiger partial charge in [0.2, 0.25) is 10.0 Å². The molecule has 0 aliphatic heterocycles. The van der Waals surface area contributed by atoms with Crippen molar-refractivity contribution in [2.75, 3.05) is 39.2 Å². The number of anilines is 1. The van der Waals surface area contributed by atoms with Gasteiger partial charge < -0.3 is 10.1 Å². The number of hydrogen-bond acceptors (Lipinski definition) is 4. The molecule has 0 saturated heterocycles. The molecule has 1 aromatic rings. The number of sulfonamides is 1. The van der Waals surface area contributed by atoms with Gasteiger partial charge in [-0.2, -0.15) is 0 Å². The molecule has 0 spiro atoms. The van der Waals surface area contributed by atoms with Crippen molar-refractivity contribution in [2.45, 2.75) is 11.3 Å². The summed E-state index contributed by atoms with van der Waals surface area (Å²) in [6.07, 6.45) is 2.66. The normalized spacial score (nSPS) is 11.6. The molecular formula is C14H22N2O3S. The van der Waals surface area contributed by atoms with Crippen LogP contribution in [-0.2, 0) is 14.8 Å². The third-order valence-corrected chi connectivity index (χ3v) is 4.50. The number of rotatable bonds is 9. The zero-order valence-electron chi connectivity index (χ0n) is 12.0. The van der Waals surface area contributed by atoms with Crippen LogP contribution in [0.1, 0.15) is 6.42 Å². The van der Waals surface area contributed by atoms with Crippen LogP contribution in [0.4, 0.5) is 5.69 Å². The van der Waals surface area contributed by atoms with Gasteiger partial charge in [-0.25, -0.2) is 12.7 Å². The minimum Gasteiger partial charge on any atom is -0.383 e. The molecule has 0 saturated carbocycles. The van der Waals surface area contributed by atoms with Crippen molar-refractivity contribution in [3.05, 3.63) is 36.9 Å². The lowest BCUT2D eigenvalue weighted by Crippen LogP contribution is -2.22. The van der Waals surface area contributed by atoms with Crippen molar-refractivity contribution in [3.8, 4) is 0 Å². The van der Waals surface area contributed by atoms with Crippen molar-refractivity contribution in [1.29, 1.82) is 0 Å². The zero-order valence-corrected chi connectivity index (χ0v) is 12.8. The highest BCUT2D eigenvalue weighted by Crippen LogP contribution is 2.16. The third-order valence-electron chi connectivity index (χ3n) is 2.67. The molecule has 0 radical (unpaired) electrons. The van der Waals surface area contributed by atoms with Crippen LogP contribution in [0, 0.1) is 0 Å². The Morgan fingerprint density at radius 2 is 1.90 bits per heavy atom. The Morgan fingerprint density at radius 3 is 2.45 bits per heavy atom. The zero-order chi connectivity index (χ0) is 15.0. The fraction of sp³-hybridized carbons (Fsp3) is 0.429. The molecule has 1 aromatic carbocycles. The lowest BCUT2D eigenvalue weighted by molar-refractivity contribution is 0.149. The molecular weight excluding hydrogens is 276 g/mol. The second-order valence-corrected chi connectivity index (χ2v) is 6.58. The predicted molar refractivity (Wildman–Crippen MR) is 81.4 cm³/mol. The van der Waals surface area contributed by atoms with Crippen LogP contribution in [0.25, 0.3) is 0 Å². The Hall–Kier alpha value is -1.37. The van der Waals surface area contributed by atoms with Gasteiger partial charge in [0.05, 0.1) is 18.1 Å². The van der Waals surface area contributed by atoms with Gasteiger partial charge in [0.25, 0.3) is 0 Å². The fourth-order valence-corrected chi connectivity index (χ4v) is 2.39. The summed E-state index contributed by atoms with van der Waals surface area (Å²) in [5.74, 6) is 0. The van der Waals surface area contributed by atoms with Crippen LogP contribution >= 0.6 is 0 Å². The molecule has 1 N–H and O–H groups in total. The van der Waals surface area contributed by atoms with E-state index in [2.05, 4.69) is 11.9 Å². The third kappa shape index (κ3) is 4.96. The molecule has 6 heteroatoms. The molecule has 0 aliphatic rings. The summed E-state index contributed by atoms with van der Waals surface area (Å²) < 4.78 is 30.3.